The number of amides is 1. The van der Waals surface area contributed by atoms with E-state index in [0.29, 0.717) is 24.5 Å². The molecule has 7 heteroatoms. The number of benzene rings is 2. The highest BCUT2D eigenvalue weighted by Gasteiger charge is 2.24. The molecule has 1 atom stereocenters. The summed E-state index contributed by atoms with van der Waals surface area (Å²) >= 11 is 0. The normalized spacial score (nSPS) is 12.2. The van der Waals surface area contributed by atoms with Crippen LogP contribution in [0.5, 0.6) is 0 Å². The van der Waals surface area contributed by atoms with E-state index in [1.54, 1.807) is 16.7 Å². The summed E-state index contributed by atoms with van der Waals surface area (Å²) in [5.74, 6) is -0.384. The minimum Gasteiger partial charge on any atom is -0.396 e. The first kappa shape index (κ1) is 17.9. The van der Waals surface area contributed by atoms with Gasteiger partial charge in [0.25, 0.3) is 0 Å². The molecule has 3 rings (SSSR count). The highest BCUT2D eigenvalue weighted by atomic mass is 19.1. The Morgan fingerprint density at radius 3 is 2.81 bits per heavy atom. The van der Waals surface area contributed by atoms with Gasteiger partial charge in [-0.1, -0.05) is 24.3 Å². The van der Waals surface area contributed by atoms with Crippen LogP contribution in [0.2, 0.25) is 0 Å². The van der Waals surface area contributed by atoms with Gasteiger partial charge >= 0.3 is 0 Å². The van der Waals surface area contributed by atoms with Crippen LogP contribution in [0, 0.1) is 5.82 Å². The average molecular weight is 356 g/mol. The maximum absolute atomic E-state index is 13.5. The number of hydrogen-bond acceptors (Lipinski definition) is 4. The first-order valence-corrected chi connectivity index (χ1v) is 8.45. The third-order valence-electron chi connectivity index (χ3n) is 4.17. The Morgan fingerprint density at radius 2 is 2.08 bits per heavy atom. The van der Waals surface area contributed by atoms with Gasteiger partial charge in [-0.25, -0.2) is 9.37 Å². The van der Waals surface area contributed by atoms with Crippen LogP contribution in [0.25, 0.3) is 11.0 Å². The van der Waals surface area contributed by atoms with Crippen molar-refractivity contribution in [3.05, 3.63) is 59.9 Å². The lowest BCUT2D eigenvalue weighted by atomic mass is 10.0. The summed E-state index contributed by atoms with van der Waals surface area (Å²) in [6, 6.07) is 12.8. The van der Waals surface area contributed by atoms with Gasteiger partial charge in [0.15, 0.2) is 0 Å². The molecule has 0 aliphatic heterocycles. The van der Waals surface area contributed by atoms with Crippen LogP contribution < -0.4 is 11.1 Å². The number of aliphatic hydroxyl groups excluding tert-OH is 1. The van der Waals surface area contributed by atoms with Gasteiger partial charge in [0.05, 0.1) is 11.0 Å². The second kappa shape index (κ2) is 7.97. The number of para-hydroxylation sites is 2. The molecule has 0 bridgehead atoms. The first-order valence-electron chi connectivity index (χ1n) is 8.45. The van der Waals surface area contributed by atoms with E-state index in [2.05, 4.69) is 10.3 Å². The molecule has 2 aromatic carbocycles. The summed E-state index contributed by atoms with van der Waals surface area (Å²) in [7, 11) is 0. The molecule has 0 aliphatic rings. The number of nitrogens with one attached hydrogen (secondary N) is 1. The Labute approximate surface area is 150 Å². The number of nitrogens with two attached hydrogens (primary N) is 1. The molecular formula is C19H21FN4O2. The lowest BCUT2D eigenvalue weighted by Gasteiger charge is -2.19. The Balaban J connectivity index is 2.03. The first-order chi connectivity index (χ1) is 12.6. The average Bonchev–Trinajstić information content (AvgIpc) is 2.98. The van der Waals surface area contributed by atoms with E-state index in [9.17, 15) is 9.18 Å². The summed E-state index contributed by atoms with van der Waals surface area (Å²) in [6.07, 6.45) is 0.802. The number of carbonyl (C=O) groups is 1. The van der Waals surface area contributed by atoms with Crippen LogP contribution in [-0.2, 0) is 11.2 Å². The van der Waals surface area contributed by atoms with Crippen molar-refractivity contribution >= 4 is 22.9 Å². The highest BCUT2D eigenvalue weighted by molar-refractivity contribution is 5.85. The standard InChI is InChI=1S/C19H21FN4O2/c20-14-6-3-5-13(11-14)12-17(18(21)26)24-16-8-2-1-7-15(16)23-19(24)22-9-4-10-25/h1-3,5-8,11,17,25H,4,9-10,12H2,(H2,21,26)(H,22,23). The van der Waals surface area contributed by atoms with Crippen molar-refractivity contribution in [2.24, 2.45) is 5.73 Å². The molecule has 3 aromatic rings. The number of fused-ring (bicyclic) bond motifs is 1. The molecule has 1 aromatic heterocycles. The van der Waals surface area contributed by atoms with E-state index < -0.39 is 11.9 Å². The second-order valence-electron chi connectivity index (χ2n) is 6.05. The molecule has 0 saturated carbocycles. The van der Waals surface area contributed by atoms with Gasteiger partial charge in [0, 0.05) is 19.6 Å². The largest absolute Gasteiger partial charge is 0.396 e. The van der Waals surface area contributed by atoms with Crippen molar-refractivity contribution in [1.82, 2.24) is 9.55 Å². The molecule has 136 valence electrons. The summed E-state index contributed by atoms with van der Waals surface area (Å²) in [5, 5.41) is 12.1. The van der Waals surface area contributed by atoms with Gasteiger partial charge in [-0.15, -0.1) is 0 Å². The number of anilines is 1. The molecule has 0 saturated heterocycles. The van der Waals surface area contributed by atoms with E-state index in [1.807, 2.05) is 24.3 Å². The number of aliphatic hydroxyl groups is 1. The molecular weight excluding hydrogens is 335 g/mol. The predicted octanol–water partition coefficient (Wildman–Crippen LogP) is 2.24. The molecule has 0 aliphatic carbocycles. The van der Waals surface area contributed by atoms with Crippen LogP contribution in [0.1, 0.15) is 18.0 Å². The minimum absolute atomic E-state index is 0.0514. The van der Waals surface area contributed by atoms with Crippen molar-refractivity contribution < 1.29 is 14.3 Å². The van der Waals surface area contributed by atoms with Gasteiger partial charge in [-0.3, -0.25) is 9.36 Å². The minimum atomic E-state index is -0.721. The summed E-state index contributed by atoms with van der Waals surface area (Å²) < 4.78 is 15.3. The third kappa shape index (κ3) is 3.83. The lowest BCUT2D eigenvalue weighted by Crippen LogP contribution is -2.29. The van der Waals surface area contributed by atoms with E-state index in [4.69, 9.17) is 10.8 Å². The number of rotatable bonds is 8. The van der Waals surface area contributed by atoms with E-state index in [1.165, 1.54) is 12.1 Å². The molecule has 1 unspecified atom stereocenters. The van der Waals surface area contributed by atoms with Crippen LogP contribution in [0.15, 0.2) is 48.5 Å². The van der Waals surface area contributed by atoms with Crippen LogP contribution in [-0.4, -0.2) is 33.7 Å². The van der Waals surface area contributed by atoms with Crippen LogP contribution in [0.3, 0.4) is 0 Å². The van der Waals surface area contributed by atoms with E-state index in [0.717, 1.165) is 11.0 Å². The highest BCUT2D eigenvalue weighted by Crippen LogP contribution is 2.27. The number of imidazole rings is 1. The number of halogens is 1. The zero-order valence-electron chi connectivity index (χ0n) is 14.2. The van der Waals surface area contributed by atoms with Crippen molar-refractivity contribution in [2.45, 2.75) is 18.9 Å². The molecule has 6 nitrogen and oxygen atoms in total. The molecule has 4 N–H and O–H groups in total. The number of primary amides is 1. The van der Waals surface area contributed by atoms with Gasteiger partial charge < -0.3 is 16.2 Å². The van der Waals surface area contributed by atoms with Crippen molar-refractivity contribution in [1.29, 1.82) is 0 Å². The van der Waals surface area contributed by atoms with Gasteiger partial charge in [-0.2, -0.15) is 0 Å². The fourth-order valence-electron chi connectivity index (χ4n) is 2.97. The van der Waals surface area contributed by atoms with E-state index >= 15 is 0 Å². The predicted molar refractivity (Wildman–Crippen MR) is 98.3 cm³/mol. The molecule has 1 amide bonds. The molecule has 0 fully saturated rings. The molecule has 1 heterocycles. The monoisotopic (exact) mass is 356 g/mol. The Kier molecular flexibility index (Phi) is 5.48. The number of aromatic nitrogens is 2. The van der Waals surface area contributed by atoms with Crippen LogP contribution >= 0.6 is 0 Å². The van der Waals surface area contributed by atoms with Crippen molar-refractivity contribution in [3.8, 4) is 0 Å². The van der Waals surface area contributed by atoms with E-state index in [-0.39, 0.29) is 18.8 Å². The van der Waals surface area contributed by atoms with Crippen LogP contribution in [0.4, 0.5) is 10.3 Å². The summed E-state index contributed by atoms with van der Waals surface area (Å²) in [4.78, 5) is 16.8. The smallest absolute Gasteiger partial charge is 0.240 e. The lowest BCUT2D eigenvalue weighted by molar-refractivity contribution is -0.121. The molecule has 0 radical (unpaired) electrons. The maximum atomic E-state index is 13.5. The summed E-state index contributed by atoms with van der Waals surface area (Å²) in [5.41, 5.74) is 7.84. The van der Waals surface area contributed by atoms with Gasteiger partial charge in [-0.05, 0) is 36.2 Å². The Morgan fingerprint density at radius 1 is 1.27 bits per heavy atom. The second-order valence-corrected chi connectivity index (χ2v) is 6.05. The Hall–Kier alpha value is -2.93. The Bertz CT molecular complexity index is 909. The molecule has 0 spiro atoms. The topological polar surface area (TPSA) is 93.2 Å². The van der Waals surface area contributed by atoms with Crippen molar-refractivity contribution in [2.75, 3.05) is 18.5 Å². The zero-order valence-corrected chi connectivity index (χ0v) is 14.2. The number of hydrogen-bond donors (Lipinski definition) is 3. The van der Waals surface area contributed by atoms with Gasteiger partial charge in [0.1, 0.15) is 11.9 Å². The zero-order chi connectivity index (χ0) is 18.5. The third-order valence-corrected chi connectivity index (χ3v) is 4.17. The molecule has 26 heavy (non-hydrogen) atoms. The maximum Gasteiger partial charge on any atom is 0.240 e. The van der Waals surface area contributed by atoms with Crippen molar-refractivity contribution in [3.63, 3.8) is 0 Å². The summed E-state index contributed by atoms with van der Waals surface area (Å²) in [6.45, 7) is 0.557. The number of nitrogens with zero attached hydrogens (tertiary/aromatic N) is 2. The fraction of sp³-hybridized carbons (Fsp3) is 0.263. The fourth-order valence-corrected chi connectivity index (χ4v) is 2.97. The number of carbonyl (C=O) groups excluding carboxylic acids is 1. The quantitative estimate of drug-likeness (QED) is 0.540. The SMILES string of the molecule is NC(=O)C(Cc1cccc(F)c1)n1c(NCCCO)nc2ccccc21. The van der Waals surface area contributed by atoms with Gasteiger partial charge in [0.2, 0.25) is 11.9 Å².